The van der Waals surface area contributed by atoms with Crippen LogP contribution in [0.3, 0.4) is 0 Å². The zero-order valence-electron chi connectivity index (χ0n) is 16.4. The van der Waals surface area contributed by atoms with E-state index in [4.69, 9.17) is 18.9 Å². The molecule has 6 heteroatoms. The van der Waals surface area contributed by atoms with E-state index in [1.54, 1.807) is 14.2 Å². The van der Waals surface area contributed by atoms with E-state index in [2.05, 4.69) is 0 Å². The van der Waals surface area contributed by atoms with E-state index in [1.165, 1.54) is 14.2 Å². The van der Waals surface area contributed by atoms with Crippen LogP contribution in [0.5, 0.6) is 11.5 Å². The smallest absolute Gasteiger partial charge is 0.310 e. The Morgan fingerprint density at radius 2 is 0.929 bits per heavy atom. The van der Waals surface area contributed by atoms with Gasteiger partial charge in [-0.2, -0.15) is 0 Å². The van der Waals surface area contributed by atoms with Gasteiger partial charge in [0.25, 0.3) is 0 Å². The van der Waals surface area contributed by atoms with E-state index in [-0.39, 0.29) is 11.8 Å². The number of hydrogen-bond acceptors (Lipinski definition) is 6. The molecular formula is C22H24O6. The highest BCUT2D eigenvalue weighted by molar-refractivity contribution is 5.87. The van der Waals surface area contributed by atoms with Crippen molar-refractivity contribution in [1.82, 2.24) is 0 Å². The van der Waals surface area contributed by atoms with Gasteiger partial charge in [0.15, 0.2) is 0 Å². The Morgan fingerprint density at radius 1 is 0.607 bits per heavy atom. The molecule has 0 N–H and O–H groups in total. The Bertz CT molecular complexity index is 756. The maximum absolute atomic E-state index is 12.5. The first kappa shape index (κ1) is 19.7. The maximum Gasteiger partial charge on any atom is 0.310 e. The molecule has 148 valence electrons. The van der Waals surface area contributed by atoms with E-state index in [1.807, 2.05) is 48.5 Å². The van der Waals surface area contributed by atoms with Gasteiger partial charge in [0, 0.05) is 11.8 Å². The van der Waals surface area contributed by atoms with E-state index in [0.717, 1.165) is 22.6 Å². The van der Waals surface area contributed by atoms with Crippen molar-refractivity contribution < 1.29 is 28.5 Å². The average Bonchev–Trinajstić information content (AvgIpc) is 2.73. The highest BCUT2D eigenvalue weighted by Gasteiger charge is 2.59. The van der Waals surface area contributed by atoms with Crippen LogP contribution in [-0.4, -0.2) is 40.4 Å². The number of benzene rings is 2. The van der Waals surface area contributed by atoms with Gasteiger partial charge in [0.2, 0.25) is 0 Å². The van der Waals surface area contributed by atoms with Gasteiger partial charge in [-0.15, -0.1) is 0 Å². The summed E-state index contributed by atoms with van der Waals surface area (Å²) in [5.74, 6) is -1.03. The molecule has 0 aliphatic heterocycles. The fourth-order valence-electron chi connectivity index (χ4n) is 4.09. The van der Waals surface area contributed by atoms with Crippen molar-refractivity contribution in [1.29, 1.82) is 0 Å². The Labute approximate surface area is 164 Å². The second-order valence-electron chi connectivity index (χ2n) is 6.70. The Morgan fingerprint density at radius 3 is 1.18 bits per heavy atom. The molecule has 1 saturated carbocycles. The lowest BCUT2D eigenvalue weighted by Gasteiger charge is -2.49. The standard InChI is InChI=1S/C22H24O6/c1-25-15-9-5-13(6-10-15)17-18(14-7-11-16(26-2)12-8-14)20(22(24)28-4)19(17)21(23)27-3/h5-12,17-20H,1-4H3/t17-,18+,19+,20-. The molecule has 0 radical (unpaired) electrons. The van der Waals surface area contributed by atoms with Crippen molar-refractivity contribution >= 4 is 11.9 Å². The first-order valence-corrected chi connectivity index (χ1v) is 8.99. The van der Waals surface area contributed by atoms with Gasteiger partial charge in [-0.05, 0) is 35.4 Å². The third-order valence-electron chi connectivity index (χ3n) is 5.50. The van der Waals surface area contributed by atoms with Crippen molar-refractivity contribution in [2.24, 2.45) is 11.8 Å². The first-order chi connectivity index (χ1) is 13.5. The van der Waals surface area contributed by atoms with Crippen molar-refractivity contribution in [3.05, 3.63) is 59.7 Å². The molecule has 6 nitrogen and oxygen atoms in total. The minimum absolute atomic E-state index is 0.212. The number of carbonyl (C=O) groups is 2. The van der Waals surface area contributed by atoms with E-state index in [9.17, 15) is 9.59 Å². The molecule has 1 aliphatic carbocycles. The van der Waals surface area contributed by atoms with Crippen molar-refractivity contribution in [3.63, 3.8) is 0 Å². The summed E-state index contributed by atoms with van der Waals surface area (Å²) < 4.78 is 20.5. The minimum atomic E-state index is -0.613. The first-order valence-electron chi connectivity index (χ1n) is 8.99. The largest absolute Gasteiger partial charge is 0.497 e. The Balaban J connectivity index is 2.05. The van der Waals surface area contributed by atoms with Crippen LogP contribution in [0.4, 0.5) is 0 Å². The fourth-order valence-corrected chi connectivity index (χ4v) is 4.09. The van der Waals surface area contributed by atoms with Gasteiger partial charge < -0.3 is 18.9 Å². The number of hydrogen-bond donors (Lipinski definition) is 0. The zero-order valence-corrected chi connectivity index (χ0v) is 16.4. The van der Waals surface area contributed by atoms with E-state index in [0.29, 0.717) is 0 Å². The lowest BCUT2D eigenvalue weighted by atomic mass is 9.52. The lowest BCUT2D eigenvalue weighted by Crippen LogP contribution is -2.52. The molecule has 2 aromatic rings. The molecule has 4 atom stereocenters. The lowest BCUT2D eigenvalue weighted by molar-refractivity contribution is -0.168. The minimum Gasteiger partial charge on any atom is -0.497 e. The van der Waals surface area contributed by atoms with Gasteiger partial charge in [0.1, 0.15) is 11.5 Å². The second kappa shape index (κ2) is 8.33. The molecule has 0 spiro atoms. The number of ether oxygens (including phenoxy) is 4. The maximum atomic E-state index is 12.5. The predicted octanol–water partition coefficient (Wildman–Crippen LogP) is 3.16. The van der Waals surface area contributed by atoms with Crippen molar-refractivity contribution in [2.45, 2.75) is 11.8 Å². The van der Waals surface area contributed by atoms with Crippen LogP contribution in [0.2, 0.25) is 0 Å². The molecule has 1 fully saturated rings. The van der Waals surface area contributed by atoms with Crippen LogP contribution in [0.15, 0.2) is 48.5 Å². The Kier molecular flexibility index (Phi) is 5.87. The van der Waals surface area contributed by atoms with Crippen LogP contribution in [-0.2, 0) is 19.1 Å². The van der Waals surface area contributed by atoms with Gasteiger partial charge in [-0.25, -0.2) is 0 Å². The molecule has 3 rings (SSSR count). The van der Waals surface area contributed by atoms with Crippen molar-refractivity contribution in [3.8, 4) is 11.5 Å². The average molecular weight is 384 g/mol. The summed E-state index contributed by atoms with van der Waals surface area (Å²) in [4.78, 5) is 25.1. The Hall–Kier alpha value is -3.02. The van der Waals surface area contributed by atoms with E-state index < -0.39 is 23.8 Å². The summed E-state index contributed by atoms with van der Waals surface area (Å²) in [7, 11) is 5.87. The predicted molar refractivity (Wildman–Crippen MR) is 102 cm³/mol. The molecular weight excluding hydrogens is 360 g/mol. The molecule has 0 heterocycles. The molecule has 0 bridgehead atoms. The monoisotopic (exact) mass is 384 g/mol. The van der Waals surface area contributed by atoms with Crippen LogP contribution in [0.25, 0.3) is 0 Å². The van der Waals surface area contributed by atoms with Crippen LogP contribution < -0.4 is 9.47 Å². The number of carbonyl (C=O) groups excluding carboxylic acids is 2. The van der Waals surface area contributed by atoms with Gasteiger partial charge in [-0.3, -0.25) is 9.59 Å². The molecule has 0 amide bonds. The molecule has 0 saturated heterocycles. The zero-order chi connectivity index (χ0) is 20.3. The summed E-state index contributed by atoms with van der Waals surface area (Å²) in [6, 6.07) is 15.1. The molecule has 0 aromatic heterocycles. The van der Waals surface area contributed by atoms with Crippen LogP contribution in [0, 0.1) is 11.8 Å². The second-order valence-corrected chi connectivity index (χ2v) is 6.70. The summed E-state index contributed by atoms with van der Waals surface area (Å²) in [5.41, 5.74) is 1.88. The van der Waals surface area contributed by atoms with Crippen molar-refractivity contribution in [2.75, 3.05) is 28.4 Å². The molecule has 2 aromatic carbocycles. The molecule has 28 heavy (non-hydrogen) atoms. The normalized spacial score (nSPS) is 23.3. The van der Waals surface area contributed by atoms with Crippen LogP contribution >= 0.6 is 0 Å². The highest BCUT2D eigenvalue weighted by Crippen LogP contribution is 2.58. The number of rotatable bonds is 6. The van der Waals surface area contributed by atoms with Crippen LogP contribution in [0.1, 0.15) is 23.0 Å². The third kappa shape index (κ3) is 3.42. The summed E-state index contributed by atoms with van der Waals surface area (Å²) >= 11 is 0. The molecule has 0 unspecified atom stereocenters. The molecule has 1 aliphatic rings. The van der Waals surface area contributed by atoms with Gasteiger partial charge in [0.05, 0.1) is 40.3 Å². The van der Waals surface area contributed by atoms with E-state index >= 15 is 0 Å². The third-order valence-corrected chi connectivity index (χ3v) is 5.50. The number of methoxy groups -OCH3 is 4. The van der Waals surface area contributed by atoms with Gasteiger partial charge >= 0.3 is 11.9 Å². The van der Waals surface area contributed by atoms with Gasteiger partial charge in [-0.1, -0.05) is 24.3 Å². The summed E-state index contributed by atoms with van der Waals surface area (Å²) in [6.07, 6.45) is 0. The quantitative estimate of drug-likeness (QED) is 0.713. The topological polar surface area (TPSA) is 71.1 Å². The SMILES string of the molecule is COC(=O)[C@@H]1[C@H](C(=O)OC)[C@@H](c2ccc(OC)cc2)[C@H]1c1ccc(OC)cc1. The fraction of sp³-hybridized carbons (Fsp3) is 0.364. The highest BCUT2D eigenvalue weighted by atomic mass is 16.5. The summed E-state index contributed by atoms with van der Waals surface area (Å²) in [6.45, 7) is 0. The number of esters is 2. The summed E-state index contributed by atoms with van der Waals surface area (Å²) in [5, 5.41) is 0.